The van der Waals surface area contributed by atoms with Crippen LogP contribution in [0.3, 0.4) is 0 Å². The molecule has 3 aromatic rings. The van der Waals surface area contributed by atoms with Crippen LogP contribution in [0.15, 0.2) is 66.9 Å². The van der Waals surface area contributed by atoms with Crippen molar-refractivity contribution in [3.63, 3.8) is 0 Å². The topological polar surface area (TPSA) is 121 Å². The van der Waals surface area contributed by atoms with Crippen molar-refractivity contribution in [3.05, 3.63) is 83.7 Å². The second-order valence-electron chi connectivity index (χ2n) is 9.66. The molecule has 38 heavy (non-hydrogen) atoms. The highest BCUT2D eigenvalue weighted by Gasteiger charge is 2.51. The maximum absolute atomic E-state index is 13.2. The third kappa shape index (κ3) is 4.46. The minimum absolute atomic E-state index is 0.0662. The van der Waals surface area contributed by atoms with E-state index >= 15 is 0 Å². The number of amides is 2. The highest BCUT2D eigenvalue weighted by molar-refractivity contribution is 6.07. The Morgan fingerprint density at radius 1 is 1.18 bits per heavy atom. The van der Waals surface area contributed by atoms with Crippen molar-refractivity contribution < 1.29 is 24.5 Å². The lowest BCUT2D eigenvalue weighted by Gasteiger charge is -2.27. The number of benzene rings is 2. The molecule has 0 saturated carbocycles. The van der Waals surface area contributed by atoms with Gasteiger partial charge in [-0.3, -0.25) is 14.4 Å². The number of likely N-dealkylation sites (N-methyl/N-ethyl adjacent to an activating group) is 1. The van der Waals surface area contributed by atoms with Crippen LogP contribution in [-0.2, 0) is 21.7 Å². The quantitative estimate of drug-likeness (QED) is 0.419. The standard InChI is InChI=1S/C28H31N5O5/c1-19(8-6-7-13-32-17-24(29-30-32)22(18-34)20-9-4-3-5-10-20)28(37)23-16-21(33-14-15-38-27(33)36)11-12-25(23)31(2)26(28)35/h3-6,8-12,16-17,19,22,34,37H,7,13-15,18H2,1-2H3/b8-6+/t19-,22?,28+/m1/s1. The summed E-state index contributed by atoms with van der Waals surface area (Å²) in [4.78, 5) is 28.2. The first kappa shape index (κ1) is 25.6. The van der Waals surface area contributed by atoms with Crippen LogP contribution in [0.4, 0.5) is 16.2 Å². The number of ether oxygens (including phenoxy) is 1. The molecule has 10 heteroatoms. The number of anilines is 2. The Hall–Kier alpha value is -4.02. The number of hydrogen-bond acceptors (Lipinski definition) is 7. The molecule has 2 amide bonds. The first-order valence-corrected chi connectivity index (χ1v) is 12.7. The molecule has 0 spiro atoms. The Labute approximate surface area is 220 Å². The lowest BCUT2D eigenvalue weighted by molar-refractivity contribution is -0.139. The largest absolute Gasteiger partial charge is 0.447 e. The van der Waals surface area contributed by atoms with E-state index in [1.165, 1.54) is 9.80 Å². The van der Waals surface area contributed by atoms with E-state index in [2.05, 4.69) is 10.3 Å². The summed E-state index contributed by atoms with van der Waals surface area (Å²) in [5.74, 6) is -1.18. The van der Waals surface area contributed by atoms with E-state index in [0.717, 1.165) is 5.56 Å². The molecule has 2 aromatic carbocycles. The molecule has 1 fully saturated rings. The van der Waals surface area contributed by atoms with Crippen molar-refractivity contribution >= 4 is 23.4 Å². The molecule has 2 aliphatic rings. The minimum atomic E-state index is -1.76. The first-order chi connectivity index (χ1) is 18.3. The number of rotatable bonds is 9. The van der Waals surface area contributed by atoms with Gasteiger partial charge in [-0.15, -0.1) is 5.10 Å². The molecule has 1 saturated heterocycles. The molecule has 198 valence electrons. The smallest absolute Gasteiger partial charge is 0.414 e. The third-order valence-corrected chi connectivity index (χ3v) is 7.36. The number of fused-ring (bicyclic) bond motifs is 1. The van der Waals surface area contributed by atoms with Crippen LogP contribution in [0, 0.1) is 5.92 Å². The predicted octanol–water partition coefficient (Wildman–Crippen LogP) is 2.81. The van der Waals surface area contributed by atoms with Gasteiger partial charge >= 0.3 is 6.09 Å². The number of aromatic nitrogens is 3. The average Bonchev–Trinajstić information content (AvgIpc) is 3.63. The van der Waals surface area contributed by atoms with Gasteiger partial charge in [0, 0.05) is 37.0 Å². The molecular weight excluding hydrogens is 486 g/mol. The molecule has 3 heterocycles. The van der Waals surface area contributed by atoms with Gasteiger partial charge in [-0.05, 0) is 30.2 Å². The van der Waals surface area contributed by atoms with Gasteiger partial charge < -0.3 is 19.8 Å². The zero-order valence-electron chi connectivity index (χ0n) is 21.4. The van der Waals surface area contributed by atoms with Gasteiger partial charge in [0.05, 0.1) is 30.5 Å². The molecule has 2 N–H and O–H groups in total. The lowest BCUT2D eigenvalue weighted by atomic mass is 9.82. The normalized spacial score (nSPS) is 20.7. The highest BCUT2D eigenvalue weighted by atomic mass is 16.6. The summed E-state index contributed by atoms with van der Waals surface area (Å²) in [7, 11) is 1.64. The van der Waals surface area contributed by atoms with Crippen molar-refractivity contribution in [3.8, 4) is 0 Å². The molecule has 1 aromatic heterocycles. The van der Waals surface area contributed by atoms with Crippen molar-refractivity contribution in [1.82, 2.24) is 15.0 Å². The van der Waals surface area contributed by atoms with E-state index in [9.17, 15) is 19.8 Å². The van der Waals surface area contributed by atoms with Crippen molar-refractivity contribution in [2.45, 2.75) is 31.4 Å². The molecule has 0 bridgehead atoms. The van der Waals surface area contributed by atoms with Gasteiger partial charge in [0.25, 0.3) is 5.91 Å². The Morgan fingerprint density at radius 2 is 1.97 bits per heavy atom. The van der Waals surface area contributed by atoms with E-state index in [1.807, 2.05) is 48.7 Å². The number of nitrogens with zero attached hydrogens (tertiary/aromatic N) is 5. The van der Waals surface area contributed by atoms with Crippen LogP contribution in [0.5, 0.6) is 0 Å². The van der Waals surface area contributed by atoms with Gasteiger partial charge in [-0.1, -0.05) is 54.6 Å². The number of aryl methyl sites for hydroxylation is 1. The average molecular weight is 518 g/mol. The summed E-state index contributed by atoms with van der Waals surface area (Å²) in [5.41, 5.74) is 1.57. The summed E-state index contributed by atoms with van der Waals surface area (Å²) < 4.78 is 6.76. The Morgan fingerprint density at radius 3 is 2.68 bits per heavy atom. The van der Waals surface area contributed by atoms with Crippen molar-refractivity contribution in [2.75, 3.05) is 36.6 Å². The number of carbonyl (C=O) groups excluding carboxylic acids is 2. The number of carbonyl (C=O) groups is 2. The van der Waals surface area contributed by atoms with Gasteiger partial charge in [0.2, 0.25) is 0 Å². The van der Waals surface area contributed by atoms with Crippen LogP contribution in [-0.4, -0.2) is 64.0 Å². The number of hydrogen-bond donors (Lipinski definition) is 2. The van der Waals surface area contributed by atoms with Crippen LogP contribution in [0.1, 0.15) is 36.1 Å². The van der Waals surface area contributed by atoms with Gasteiger partial charge in [-0.2, -0.15) is 0 Å². The summed E-state index contributed by atoms with van der Waals surface area (Å²) >= 11 is 0. The van der Waals surface area contributed by atoms with Crippen LogP contribution in [0.25, 0.3) is 0 Å². The number of allylic oxidation sites excluding steroid dienone is 1. The molecule has 10 nitrogen and oxygen atoms in total. The minimum Gasteiger partial charge on any atom is -0.447 e. The number of aliphatic hydroxyl groups excluding tert-OH is 1. The van der Waals surface area contributed by atoms with E-state index in [1.54, 1.807) is 36.9 Å². The molecule has 5 rings (SSSR count). The van der Waals surface area contributed by atoms with Gasteiger partial charge in [-0.25, -0.2) is 4.79 Å². The summed E-state index contributed by atoms with van der Waals surface area (Å²) in [6, 6.07) is 14.9. The molecule has 2 aliphatic heterocycles. The van der Waals surface area contributed by atoms with Crippen molar-refractivity contribution in [2.24, 2.45) is 5.92 Å². The number of cyclic esters (lactones) is 1. The fourth-order valence-electron chi connectivity index (χ4n) is 5.12. The fourth-order valence-corrected chi connectivity index (χ4v) is 5.12. The molecule has 3 atom stereocenters. The van der Waals surface area contributed by atoms with Crippen molar-refractivity contribution in [1.29, 1.82) is 0 Å². The van der Waals surface area contributed by atoms with Crippen LogP contribution >= 0.6 is 0 Å². The number of aliphatic hydroxyl groups is 2. The Kier molecular flexibility index (Phi) is 7.00. The van der Waals surface area contributed by atoms with E-state index in [4.69, 9.17) is 4.74 Å². The SMILES string of the molecule is C[C@H](/C=C/CCn1cc(C(CO)c2ccccc2)nn1)[C@@]1(O)C(=O)N(C)c2ccc(N3CCOC3=O)cc21. The summed E-state index contributed by atoms with van der Waals surface area (Å²) in [5, 5.41) is 30.0. The zero-order chi connectivity index (χ0) is 26.9. The Balaban J connectivity index is 1.28. The monoisotopic (exact) mass is 517 g/mol. The second-order valence-corrected chi connectivity index (χ2v) is 9.66. The van der Waals surface area contributed by atoms with E-state index < -0.39 is 23.5 Å². The lowest BCUT2D eigenvalue weighted by Crippen LogP contribution is -2.43. The zero-order valence-corrected chi connectivity index (χ0v) is 21.4. The maximum atomic E-state index is 13.2. The van der Waals surface area contributed by atoms with Crippen LogP contribution < -0.4 is 9.80 Å². The van der Waals surface area contributed by atoms with Gasteiger partial charge in [0.1, 0.15) is 6.61 Å². The molecule has 1 unspecified atom stereocenters. The first-order valence-electron chi connectivity index (χ1n) is 12.7. The third-order valence-electron chi connectivity index (χ3n) is 7.36. The van der Waals surface area contributed by atoms with Crippen LogP contribution in [0.2, 0.25) is 0 Å². The molecule has 0 radical (unpaired) electrons. The molecular formula is C28H31N5O5. The summed E-state index contributed by atoms with van der Waals surface area (Å²) in [6.45, 7) is 3.01. The fraction of sp³-hybridized carbons (Fsp3) is 0.357. The summed E-state index contributed by atoms with van der Waals surface area (Å²) in [6.07, 6.45) is 5.74. The molecule has 0 aliphatic carbocycles. The second kappa shape index (κ2) is 10.4. The maximum Gasteiger partial charge on any atom is 0.414 e. The Bertz CT molecular complexity index is 1360. The van der Waals surface area contributed by atoms with E-state index in [0.29, 0.717) is 48.7 Å². The predicted molar refractivity (Wildman–Crippen MR) is 141 cm³/mol. The van der Waals surface area contributed by atoms with E-state index in [-0.39, 0.29) is 12.5 Å². The highest BCUT2D eigenvalue weighted by Crippen LogP contribution is 2.46. The van der Waals surface area contributed by atoms with Gasteiger partial charge in [0.15, 0.2) is 5.60 Å².